The summed E-state index contributed by atoms with van der Waals surface area (Å²) in [4.78, 5) is 39.1. The Morgan fingerprint density at radius 3 is 1.09 bits per heavy atom. The van der Waals surface area contributed by atoms with Gasteiger partial charge in [-0.15, -0.1) is 0 Å². The Morgan fingerprint density at radius 1 is 0.457 bits per heavy atom. The van der Waals surface area contributed by atoms with Gasteiger partial charge in [0.05, 0.1) is 11.4 Å². The number of Topliss-reactive ketones (excluding diaryl/α,β-unsaturated/α-hetero) is 2. The van der Waals surface area contributed by atoms with Gasteiger partial charge in [-0.25, -0.2) is 9.98 Å². The van der Waals surface area contributed by atoms with Gasteiger partial charge >= 0.3 is 0 Å². The van der Waals surface area contributed by atoms with Gasteiger partial charge in [-0.2, -0.15) is 0 Å². The Hall–Kier alpha value is -3.22. The van der Waals surface area contributed by atoms with Crippen LogP contribution in [0.4, 0.5) is 11.4 Å². The van der Waals surface area contributed by atoms with E-state index in [2.05, 4.69) is 83.1 Å². The zero-order valence-electron chi connectivity index (χ0n) is 29.5. The summed E-state index contributed by atoms with van der Waals surface area (Å²) in [5.41, 5.74) is 5.28. The third kappa shape index (κ3) is 8.38. The summed E-state index contributed by atoms with van der Waals surface area (Å²) in [7, 11) is 3.14. The van der Waals surface area contributed by atoms with Crippen LogP contribution in [-0.2, 0) is 9.59 Å². The Labute approximate surface area is 284 Å². The monoisotopic (exact) mass is 652 g/mol. The van der Waals surface area contributed by atoms with Crippen LogP contribution in [0, 0.1) is 21.7 Å². The highest BCUT2D eigenvalue weighted by Crippen LogP contribution is 2.46. The van der Waals surface area contributed by atoms with Gasteiger partial charge in [-0.05, 0) is 69.2 Å². The van der Waals surface area contributed by atoms with Crippen LogP contribution in [0.5, 0.6) is 0 Å². The molecule has 0 unspecified atom stereocenters. The van der Waals surface area contributed by atoms with Gasteiger partial charge in [0.1, 0.15) is 11.4 Å². The topological polar surface area (TPSA) is 58.9 Å². The predicted molar refractivity (Wildman–Crippen MR) is 199 cm³/mol. The van der Waals surface area contributed by atoms with E-state index in [0.29, 0.717) is 11.4 Å². The van der Waals surface area contributed by atoms with Crippen LogP contribution in [0.15, 0.2) is 115 Å². The van der Waals surface area contributed by atoms with Crippen LogP contribution < -0.4 is 0 Å². The van der Waals surface area contributed by atoms with Crippen molar-refractivity contribution in [2.45, 2.75) is 92.9 Å². The van der Waals surface area contributed by atoms with E-state index >= 15 is 0 Å². The summed E-state index contributed by atoms with van der Waals surface area (Å²) >= 11 is 0. The molecule has 0 aromatic heterocycles. The highest BCUT2D eigenvalue weighted by atomic mass is 33.1. The minimum atomic E-state index is -0.302. The first-order chi connectivity index (χ1) is 21.2. The molecule has 4 rings (SSSR count). The van der Waals surface area contributed by atoms with E-state index in [1.807, 2.05) is 72.8 Å². The number of hydrogen-bond donors (Lipinski definition) is 0. The number of aliphatic imine (C=N–C) groups is 2. The van der Waals surface area contributed by atoms with Crippen molar-refractivity contribution >= 4 is 56.0 Å². The molecule has 0 saturated heterocycles. The summed E-state index contributed by atoms with van der Waals surface area (Å²) in [5.74, 6) is -0.0599. The van der Waals surface area contributed by atoms with Crippen molar-refractivity contribution in [3.8, 4) is 0 Å². The van der Waals surface area contributed by atoms with Gasteiger partial charge in [-0.3, -0.25) is 9.59 Å². The number of ketones is 2. The molecule has 4 nitrogen and oxygen atoms in total. The van der Waals surface area contributed by atoms with Gasteiger partial charge in [0.2, 0.25) is 11.6 Å². The normalized spacial score (nSPS) is 18.4. The van der Waals surface area contributed by atoms with E-state index < -0.39 is 0 Å². The average Bonchev–Trinajstić information content (AvgIpc) is 2.92. The molecule has 46 heavy (non-hydrogen) atoms. The maximum Gasteiger partial charge on any atom is 0.207 e. The maximum atomic E-state index is 13.7. The van der Waals surface area contributed by atoms with Crippen molar-refractivity contribution in [3.05, 3.63) is 95.1 Å². The second kappa shape index (κ2) is 13.1. The van der Waals surface area contributed by atoms with Crippen molar-refractivity contribution in [1.82, 2.24) is 0 Å². The molecule has 0 fully saturated rings. The second-order valence-electron chi connectivity index (χ2n) is 16.1. The molecule has 2 aliphatic rings. The predicted octanol–water partition coefficient (Wildman–Crippen LogP) is 11.7. The molecular formula is C40H48N2O2S2. The zero-order chi connectivity index (χ0) is 34.2. The van der Waals surface area contributed by atoms with E-state index in [9.17, 15) is 9.59 Å². The van der Waals surface area contributed by atoms with Crippen molar-refractivity contribution in [2.75, 3.05) is 0 Å². The molecule has 0 radical (unpaired) electrons. The fourth-order valence-corrected chi connectivity index (χ4v) is 7.19. The van der Waals surface area contributed by atoms with E-state index in [1.54, 1.807) is 21.6 Å². The number of allylic oxidation sites excluding steroid dienone is 8. The number of benzene rings is 2. The molecule has 0 bridgehead atoms. The molecular weight excluding hydrogens is 605 g/mol. The van der Waals surface area contributed by atoms with E-state index in [1.165, 1.54) is 0 Å². The molecule has 0 heterocycles. The summed E-state index contributed by atoms with van der Waals surface area (Å²) in [6.07, 6.45) is 7.98. The Kier molecular flexibility index (Phi) is 10.2. The SMILES string of the molecule is CC(C)(C)C1=CC(=Nc2ccccc2SSc2ccccc2N=C2C=C(C(C)(C)C)C=C(C(C)(C)C)C2=O)C(=O)C(C(C)(C)C)=C1. The minimum absolute atomic E-state index is 0.0300. The fourth-order valence-electron chi connectivity index (χ4n) is 4.96. The zero-order valence-corrected chi connectivity index (χ0v) is 31.1. The first-order valence-electron chi connectivity index (χ1n) is 15.8. The molecule has 242 valence electrons. The van der Waals surface area contributed by atoms with Crippen molar-refractivity contribution in [1.29, 1.82) is 0 Å². The lowest BCUT2D eigenvalue weighted by atomic mass is 9.74. The number of rotatable bonds is 5. The van der Waals surface area contributed by atoms with Crippen molar-refractivity contribution in [2.24, 2.45) is 31.6 Å². The summed E-state index contributed by atoms with van der Waals surface area (Å²) < 4.78 is 0. The third-order valence-corrected chi connectivity index (χ3v) is 10.4. The lowest BCUT2D eigenvalue weighted by molar-refractivity contribution is -0.111. The van der Waals surface area contributed by atoms with Gasteiger partial charge in [0.25, 0.3) is 0 Å². The van der Waals surface area contributed by atoms with Crippen LogP contribution in [-0.4, -0.2) is 23.0 Å². The summed E-state index contributed by atoms with van der Waals surface area (Å²) in [5, 5.41) is 0. The van der Waals surface area contributed by atoms with E-state index in [-0.39, 0.29) is 33.2 Å². The number of nitrogens with zero attached hydrogens (tertiary/aromatic N) is 2. The molecule has 0 saturated carbocycles. The first-order valence-corrected chi connectivity index (χ1v) is 18.0. The van der Waals surface area contributed by atoms with Gasteiger partial charge in [0, 0.05) is 20.9 Å². The number of carbonyl (C=O) groups is 2. The summed E-state index contributed by atoms with van der Waals surface area (Å²) in [6, 6.07) is 15.8. The number of hydrogen-bond acceptors (Lipinski definition) is 6. The molecule has 0 atom stereocenters. The van der Waals surface area contributed by atoms with Crippen LogP contribution >= 0.6 is 21.6 Å². The van der Waals surface area contributed by atoms with Crippen LogP contribution in [0.2, 0.25) is 0 Å². The molecule has 0 aliphatic heterocycles. The Bertz CT molecular complexity index is 1610. The fraction of sp³-hybridized carbons (Fsp3) is 0.400. The second-order valence-corrected chi connectivity index (χ2v) is 18.3. The largest absolute Gasteiger partial charge is 0.287 e. The van der Waals surface area contributed by atoms with Gasteiger partial charge in [-0.1, -0.05) is 141 Å². The number of carbonyl (C=O) groups excluding carboxylic acids is 2. The third-order valence-electron chi connectivity index (χ3n) is 7.92. The lowest BCUT2D eigenvalue weighted by Gasteiger charge is -2.30. The number of para-hydroxylation sites is 2. The maximum absolute atomic E-state index is 13.7. The Morgan fingerprint density at radius 2 is 0.783 bits per heavy atom. The highest BCUT2D eigenvalue weighted by molar-refractivity contribution is 8.76. The molecule has 2 aliphatic carbocycles. The van der Waals surface area contributed by atoms with E-state index in [4.69, 9.17) is 9.98 Å². The minimum Gasteiger partial charge on any atom is -0.287 e. The van der Waals surface area contributed by atoms with Crippen molar-refractivity contribution in [3.63, 3.8) is 0 Å². The van der Waals surface area contributed by atoms with Gasteiger partial charge < -0.3 is 0 Å². The van der Waals surface area contributed by atoms with Crippen LogP contribution in [0.25, 0.3) is 0 Å². The smallest absolute Gasteiger partial charge is 0.207 e. The molecule has 6 heteroatoms. The van der Waals surface area contributed by atoms with Crippen LogP contribution in [0.1, 0.15) is 83.1 Å². The lowest BCUT2D eigenvalue weighted by Crippen LogP contribution is -2.29. The summed E-state index contributed by atoms with van der Waals surface area (Å²) in [6.45, 7) is 25.4. The average molecular weight is 653 g/mol. The van der Waals surface area contributed by atoms with E-state index in [0.717, 1.165) is 43.5 Å². The van der Waals surface area contributed by atoms with Crippen LogP contribution in [0.3, 0.4) is 0 Å². The first kappa shape index (κ1) is 35.6. The van der Waals surface area contributed by atoms with Gasteiger partial charge in [0.15, 0.2) is 0 Å². The molecule has 0 N–H and O–H groups in total. The highest BCUT2D eigenvalue weighted by Gasteiger charge is 2.34. The molecule has 0 spiro atoms. The Balaban J connectivity index is 1.69. The molecule has 0 amide bonds. The quantitative estimate of drug-likeness (QED) is 0.238. The standard InChI is InChI=1S/C40H48N2O2S2/c1-37(2,3)25-21-27(39(7,8)9)35(43)31(23-25)41-29-17-13-15-19-33(29)45-46-34-20-16-14-18-30(34)42-32-24-26(38(4,5)6)22-28(36(32)44)40(10,11)12/h13-24H,1-12H3. The van der Waals surface area contributed by atoms with Crippen molar-refractivity contribution < 1.29 is 9.59 Å². The molecule has 2 aromatic carbocycles. The molecule has 2 aromatic rings.